The summed E-state index contributed by atoms with van der Waals surface area (Å²) < 4.78 is 42.0. The molecule has 1 amide bonds. The minimum atomic E-state index is -0.746. The standard InChI is InChI=1S/C27H27FN4O7/c1-14-22(24(33)25(36-4)15(2)30-14)26(34)31-16-6-7-19(17(28)12-16)39-20-8-9-29-18-13-21(38-11-10-35-3)27(37-5)32-23(18)20/h6-9,12-13H,10-11H2,1-5H3,(H,30,33)(H,31,34). The second-order valence-corrected chi connectivity index (χ2v) is 8.25. The fourth-order valence-electron chi connectivity index (χ4n) is 3.88. The van der Waals surface area contributed by atoms with Gasteiger partial charge in [0.05, 0.1) is 37.7 Å². The van der Waals surface area contributed by atoms with Gasteiger partial charge in [-0.05, 0) is 26.0 Å². The summed E-state index contributed by atoms with van der Waals surface area (Å²) in [5, 5.41) is 13.1. The van der Waals surface area contributed by atoms with Gasteiger partial charge in [0.25, 0.3) is 11.8 Å². The normalized spacial score (nSPS) is 10.8. The molecule has 0 aliphatic carbocycles. The molecular formula is C27H27FN4O7. The van der Waals surface area contributed by atoms with Crippen LogP contribution in [0.15, 0.2) is 36.5 Å². The Morgan fingerprint density at radius 3 is 2.46 bits per heavy atom. The molecule has 11 nitrogen and oxygen atoms in total. The van der Waals surface area contributed by atoms with Gasteiger partial charge in [0, 0.05) is 37.2 Å². The highest BCUT2D eigenvalue weighted by atomic mass is 19.1. The molecule has 4 rings (SSSR count). The predicted molar refractivity (Wildman–Crippen MR) is 140 cm³/mol. The molecule has 12 heteroatoms. The number of halogens is 1. The van der Waals surface area contributed by atoms with E-state index >= 15 is 4.39 Å². The van der Waals surface area contributed by atoms with E-state index in [1.807, 2.05) is 0 Å². The van der Waals surface area contributed by atoms with Crippen LogP contribution in [0.4, 0.5) is 10.1 Å². The Morgan fingerprint density at radius 2 is 1.77 bits per heavy atom. The van der Waals surface area contributed by atoms with Crippen molar-refractivity contribution >= 4 is 22.6 Å². The highest BCUT2D eigenvalue weighted by Gasteiger charge is 2.22. The fraction of sp³-hybridized carbons (Fsp3) is 0.259. The van der Waals surface area contributed by atoms with Crippen molar-refractivity contribution < 1.29 is 38.0 Å². The van der Waals surface area contributed by atoms with Crippen molar-refractivity contribution in [2.45, 2.75) is 13.8 Å². The molecule has 0 radical (unpaired) electrons. The lowest BCUT2D eigenvalue weighted by atomic mass is 10.1. The third-order valence-electron chi connectivity index (χ3n) is 5.66. The number of pyridine rings is 3. The molecule has 4 aromatic rings. The largest absolute Gasteiger partial charge is 0.504 e. The van der Waals surface area contributed by atoms with Crippen LogP contribution in [0.3, 0.4) is 0 Å². The SMILES string of the molecule is COCCOc1cc2nccc(Oc3ccc(NC(=O)c4c(C)nc(C)c(OC)c4O)cc3F)c2nc1OC. The van der Waals surface area contributed by atoms with Crippen LogP contribution in [0.1, 0.15) is 21.7 Å². The van der Waals surface area contributed by atoms with E-state index in [0.29, 0.717) is 34.8 Å². The third-order valence-corrected chi connectivity index (χ3v) is 5.66. The second kappa shape index (κ2) is 11.8. The molecule has 3 aromatic heterocycles. The highest BCUT2D eigenvalue weighted by Crippen LogP contribution is 2.36. The van der Waals surface area contributed by atoms with Gasteiger partial charge in [-0.2, -0.15) is 0 Å². The number of hydrogen-bond donors (Lipinski definition) is 2. The molecule has 1 aromatic carbocycles. The van der Waals surface area contributed by atoms with Crippen LogP contribution in [0.2, 0.25) is 0 Å². The lowest BCUT2D eigenvalue weighted by Crippen LogP contribution is -2.15. The van der Waals surface area contributed by atoms with Crippen molar-refractivity contribution in [3.63, 3.8) is 0 Å². The van der Waals surface area contributed by atoms with Crippen LogP contribution in [-0.4, -0.2) is 60.5 Å². The molecule has 0 aliphatic rings. The summed E-state index contributed by atoms with van der Waals surface area (Å²) in [6, 6.07) is 7.10. The minimum Gasteiger partial charge on any atom is -0.504 e. The molecule has 204 valence electrons. The van der Waals surface area contributed by atoms with Gasteiger partial charge in [-0.25, -0.2) is 9.37 Å². The first-order chi connectivity index (χ1) is 18.8. The van der Waals surface area contributed by atoms with Crippen LogP contribution in [-0.2, 0) is 4.74 Å². The smallest absolute Gasteiger partial charge is 0.261 e. The number of aryl methyl sites for hydroxylation is 2. The first kappa shape index (κ1) is 27.3. The number of hydrogen-bond acceptors (Lipinski definition) is 10. The Labute approximate surface area is 223 Å². The molecule has 0 aliphatic heterocycles. The molecule has 0 saturated heterocycles. The molecule has 3 heterocycles. The summed E-state index contributed by atoms with van der Waals surface area (Å²) in [5.74, 6) is -0.982. The molecule has 0 spiro atoms. The number of methoxy groups -OCH3 is 3. The molecule has 0 bridgehead atoms. The summed E-state index contributed by atoms with van der Waals surface area (Å²) in [6.07, 6.45) is 1.50. The first-order valence-corrected chi connectivity index (χ1v) is 11.8. The van der Waals surface area contributed by atoms with Crippen LogP contribution in [0.25, 0.3) is 11.0 Å². The number of nitrogens with one attached hydrogen (secondary N) is 1. The number of nitrogens with zero attached hydrogens (tertiary/aromatic N) is 3. The Hall–Kier alpha value is -4.71. The lowest BCUT2D eigenvalue weighted by molar-refractivity contribution is 0.102. The van der Waals surface area contributed by atoms with Gasteiger partial charge >= 0.3 is 0 Å². The van der Waals surface area contributed by atoms with E-state index in [4.69, 9.17) is 23.7 Å². The van der Waals surface area contributed by atoms with Gasteiger partial charge in [-0.15, -0.1) is 0 Å². The average Bonchev–Trinajstić information content (AvgIpc) is 2.90. The van der Waals surface area contributed by atoms with Crippen LogP contribution < -0.4 is 24.3 Å². The van der Waals surface area contributed by atoms with E-state index in [1.54, 1.807) is 33.1 Å². The fourth-order valence-corrected chi connectivity index (χ4v) is 3.88. The first-order valence-electron chi connectivity index (χ1n) is 11.8. The molecule has 39 heavy (non-hydrogen) atoms. The average molecular weight is 539 g/mol. The van der Waals surface area contributed by atoms with Crippen LogP contribution in [0.5, 0.6) is 34.6 Å². The van der Waals surface area contributed by atoms with Gasteiger partial charge in [-0.3, -0.25) is 14.8 Å². The maximum absolute atomic E-state index is 15.1. The van der Waals surface area contributed by atoms with E-state index < -0.39 is 11.7 Å². The highest BCUT2D eigenvalue weighted by molar-refractivity contribution is 6.07. The Balaban J connectivity index is 1.58. The van der Waals surface area contributed by atoms with Gasteiger partial charge in [0.15, 0.2) is 34.6 Å². The van der Waals surface area contributed by atoms with E-state index in [9.17, 15) is 9.90 Å². The van der Waals surface area contributed by atoms with Crippen molar-refractivity contribution in [3.8, 4) is 34.6 Å². The number of carbonyl (C=O) groups excluding carboxylic acids is 1. The monoisotopic (exact) mass is 538 g/mol. The number of benzene rings is 1. The number of ether oxygens (including phenoxy) is 5. The zero-order valence-corrected chi connectivity index (χ0v) is 22.0. The number of carbonyl (C=O) groups is 1. The van der Waals surface area contributed by atoms with Crippen LogP contribution >= 0.6 is 0 Å². The number of rotatable bonds is 10. The summed E-state index contributed by atoms with van der Waals surface area (Å²) >= 11 is 0. The number of anilines is 1. The van der Waals surface area contributed by atoms with E-state index in [0.717, 1.165) is 6.07 Å². The predicted octanol–water partition coefficient (Wildman–Crippen LogP) is 4.57. The minimum absolute atomic E-state index is 0.0768. The van der Waals surface area contributed by atoms with Crippen molar-refractivity contribution in [1.82, 2.24) is 15.0 Å². The lowest BCUT2D eigenvalue weighted by Gasteiger charge is -2.15. The van der Waals surface area contributed by atoms with E-state index in [1.165, 1.54) is 32.5 Å². The summed E-state index contributed by atoms with van der Waals surface area (Å²) in [7, 11) is 4.38. The number of fused-ring (bicyclic) bond motifs is 1. The van der Waals surface area contributed by atoms with Crippen LogP contribution in [0, 0.1) is 19.7 Å². The van der Waals surface area contributed by atoms with E-state index in [2.05, 4.69) is 20.3 Å². The van der Waals surface area contributed by atoms with Crippen molar-refractivity contribution in [2.75, 3.05) is 39.9 Å². The number of aromatic nitrogens is 3. The zero-order valence-electron chi connectivity index (χ0n) is 22.0. The van der Waals surface area contributed by atoms with Crippen molar-refractivity contribution in [2.24, 2.45) is 0 Å². The van der Waals surface area contributed by atoms with E-state index in [-0.39, 0.29) is 46.7 Å². The molecule has 0 saturated carbocycles. The number of amides is 1. The maximum atomic E-state index is 15.1. The molecule has 0 unspecified atom stereocenters. The number of aromatic hydroxyl groups is 1. The third kappa shape index (κ3) is 5.75. The quantitative estimate of drug-likeness (QED) is 0.277. The molecule has 0 fully saturated rings. The van der Waals surface area contributed by atoms with Gasteiger partial charge in [0.2, 0.25) is 0 Å². The summed E-state index contributed by atoms with van der Waals surface area (Å²) in [4.78, 5) is 25.8. The van der Waals surface area contributed by atoms with Gasteiger partial charge in [0.1, 0.15) is 17.7 Å². The summed E-state index contributed by atoms with van der Waals surface area (Å²) in [6.45, 7) is 3.89. The van der Waals surface area contributed by atoms with Crippen molar-refractivity contribution in [3.05, 3.63) is 59.3 Å². The summed E-state index contributed by atoms with van der Waals surface area (Å²) in [5.41, 5.74) is 1.57. The Kier molecular flexibility index (Phi) is 8.25. The Morgan fingerprint density at radius 1 is 0.974 bits per heavy atom. The molecule has 0 atom stereocenters. The topological polar surface area (TPSA) is 134 Å². The van der Waals surface area contributed by atoms with Crippen molar-refractivity contribution in [1.29, 1.82) is 0 Å². The van der Waals surface area contributed by atoms with Gasteiger partial charge in [-0.1, -0.05) is 0 Å². The molecule has 2 N–H and O–H groups in total. The Bertz CT molecular complexity index is 1530. The zero-order chi connectivity index (χ0) is 28.1. The second-order valence-electron chi connectivity index (χ2n) is 8.25. The molecular weight excluding hydrogens is 511 g/mol. The maximum Gasteiger partial charge on any atom is 0.261 e. The van der Waals surface area contributed by atoms with Gasteiger partial charge < -0.3 is 34.1 Å².